The van der Waals surface area contributed by atoms with Crippen LogP contribution < -0.4 is 0 Å². The van der Waals surface area contributed by atoms with Crippen LogP contribution in [-0.4, -0.2) is 192 Å². The maximum Gasteiger partial charge on any atom is 0.0125 e. The zero-order chi connectivity index (χ0) is 58.6. The van der Waals surface area contributed by atoms with Crippen molar-refractivity contribution < 1.29 is 0 Å². The van der Waals surface area contributed by atoms with Gasteiger partial charge in [-0.3, -0.25) is 19.6 Å². The second-order valence-electron chi connectivity index (χ2n) is 31.2. The molecule has 0 saturated carbocycles. The predicted molar refractivity (Wildman–Crippen MR) is 352 cm³/mol. The molecule has 8 aliphatic heterocycles. The topological polar surface area (TPSA) is 25.9 Å². The number of hydrogen-bond donors (Lipinski definition) is 0. The van der Waals surface area contributed by atoms with Crippen LogP contribution in [0.2, 0.25) is 0 Å². The van der Waals surface area contributed by atoms with Crippen LogP contribution in [0.4, 0.5) is 0 Å². The Balaban J connectivity index is 0.000000446. The summed E-state index contributed by atoms with van der Waals surface area (Å²) in [5.74, 6) is 3.39. The Labute approximate surface area is 493 Å². The summed E-state index contributed by atoms with van der Waals surface area (Å²) in [7, 11) is 0. The Kier molecular flexibility index (Phi) is 41.2. The molecular weight excluding hydrogens is 953 g/mol. The summed E-state index contributed by atoms with van der Waals surface area (Å²) in [5, 5.41) is 0. The van der Waals surface area contributed by atoms with E-state index in [1.807, 2.05) is 0 Å². The molecule has 0 N–H and O–H groups in total. The van der Waals surface area contributed by atoms with E-state index in [9.17, 15) is 0 Å². The molecule has 468 valence electrons. The Bertz CT molecular complexity index is 1180. The Morgan fingerprint density at radius 1 is 0.192 bits per heavy atom. The summed E-state index contributed by atoms with van der Waals surface area (Å²) in [6.07, 6.45) is 31.3. The van der Waals surface area contributed by atoms with Crippen LogP contribution in [-0.2, 0) is 0 Å². The van der Waals surface area contributed by atoms with Gasteiger partial charge in [-0.05, 0) is 314 Å². The second kappa shape index (κ2) is 42.5. The number of hydrogen-bond acceptors (Lipinski definition) is 8. The lowest BCUT2D eigenvalue weighted by Crippen LogP contribution is -2.44. The first-order valence-corrected chi connectivity index (χ1v) is 34.5. The third kappa shape index (κ3) is 40.8. The van der Waals surface area contributed by atoms with Gasteiger partial charge in [-0.2, -0.15) is 0 Å². The highest BCUT2D eigenvalue weighted by atomic mass is 15.2. The van der Waals surface area contributed by atoms with E-state index in [-0.39, 0.29) is 0 Å². The van der Waals surface area contributed by atoms with Gasteiger partial charge in [0.15, 0.2) is 0 Å². The van der Waals surface area contributed by atoms with Crippen LogP contribution in [0, 0.1) is 23.7 Å². The van der Waals surface area contributed by atoms with Crippen molar-refractivity contribution in [3.63, 3.8) is 0 Å². The highest BCUT2D eigenvalue weighted by Gasteiger charge is 2.25. The summed E-state index contributed by atoms with van der Waals surface area (Å²) in [5.41, 5.74) is 1.62. The zero-order valence-corrected chi connectivity index (χ0v) is 57.6. The molecule has 0 atom stereocenters. The van der Waals surface area contributed by atoms with E-state index < -0.39 is 0 Å². The molecule has 0 aromatic rings. The largest absolute Gasteiger partial charge is 0.303 e. The van der Waals surface area contributed by atoms with Crippen molar-refractivity contribution in [3.8, 4) is 0 Å². The quantitative estimate of drug-likeness (QED) is 0.237. The van der Waals surface area contributed by atoms with Gasteiger partial charge in [0, 0.05) is 48.3 Å². The third-order valence-corrected chi connectivity index (χ3v) is 17.0. The Morgan fingerprint density at radius 3 is 0.423 bits per heavy atom. The summed E-state index contributed by atoms with van der Waals surface area (Å²) in [4.78, 5) is 20.6. The zero-order valence-electron chi connectivity index (χ0n) is 57.6. The maximum atomic E-state index is 2.59. The van der Waals surface area contributed by atoms with Gasteiger partial charge >= 0.3 is 0 Å². The minimum absolute atomic E-state index is 0.403. The van der Waals surface area contributed by atoms with Gasteiger partial charge in [0.1, 0.15) is 0 Å². The molecule has 0 radical (unpaired) electrons. The molecule has 78 heavy (non-hydrogen) atoms. The maximum absolute atomic E-state index is 2.59. The molecule has 0 bridgehead atoms. The van der Waals surface area contributed by atoms with Crippen molar-refractivity contribution >= 4 is 0 Å². The molecule has 0 aromatic carbocycles. The van der Waals surface area contributed by atoms with Crippen LogP contribution in [0.3, 0.4) is 0 Å². The van der Waals surface area contributed by atoms with E-state index in [4.69, 9.17) is 0 Å². The van der Waals surface area contributed by atoms with Crippen molar-refractivity contribution in [1.29, 1.82) is 0 Å². The lowest BCUT2D eigenvalue weighted by Gasteiger charge is -2.38. The van der Waals surface area contributed by atoms with E-state index in [1.165, 1.54) is 272 Å². The number of rotatable bonds is 8. The van der Waals surface area contributed by atoms with Crippen molar-refractivity contribution in [2.75, 3.05) is 131 Å². The summed E-state index contributed by atoms with van der Waals surface area (Å²) in [6.45, 7) is 72.4. The molecule has 8 aliphatic rings. The smallest absolute Gasteiger partial charge is 0.0125 e. The molecular formula is C70H148N8. The van der Waals surface area contributed by atoms with E-state index in [0.717, 1.165) is 23.7 Å². The fraction of sp³-hybridized carbons (Fsp3) is 1.00. The first kappa shape index (κ1) is 75.7. The number of nitrogens with zero attached hydrogens (tertiary/aromatic N) is 8. The summed E-state index contributed by atoms with van der Waals surface area (Å²) >= 11 is 0. The predicted octanol–water partition coefficient (Wildman–Crippen LogP) is 16.8. The van der Waals surface area contributed by atoms with E-state index in [2.05, 4.69) is 178 Å². The van der Waals surface area contributed by atoms with E-state index in [0.29, 0.717) is 22.2 Å². The minimum atomic E-state index is 0.403. The molecule has 0 aliphatic carbocycles. The highest BCUT2D eigenvalue weighted by Crippen LogP contribution is 2.23. The molecule has 8 saturated heterocycles. The van der Waals surface area contributed by atoms with Gasteiger partial charge in [0.25, 0.3) is 0 Å². The SMILES string of the molecule is CC(C)(C)N1CCCC1.CC(C)(C)N1CCCCC1.CC(C)(C)N1CCCCC1.CC(C)(C)N1CCCCC1.CC(C)CN1CCCC1.CC(C)CN1CCCCC1.CC(C)CN1CCCCC1.CC(C)CN1CCCCC1. The van der Waals surface area contributed by atoms with E-state index in [1.54, 1.807) is 0 Å². The van der Waals surface area contributed by atoms with Crippen LogP contribution in [0.25, 0.3) is 0 Å². The average Bonchev–Trinajstić information content (AvgIpc) is 4.12. The van der Waals surface area contributed by atoms with Gasteiger partial charge < -0.3 is 19.6 Å². The fourth-order valence-corrected chi connectivity index (χ4v) is 12.5. The normalized spacial score (nSPS) is 22.5. The van der Waals surface area contributed by atoms with Crippen molar-refractivity contribution in [1.82, 2.24) is 39.2 Å². The molecule has 8 rings (SSSR count). The number of likely N-dealkylation sites (tertiary alicyclic amines) is 8. The fourth-order valence-electron chi connectivity index (χ4n) is 12.5. The molecule has 0 aromatic heterocycles. The van der Waals surface area contributed by atoms with Gasteiger partial charge in [0.05, 0.1) is 0 Å². The van der Waals surface area contributed by atoms with Gasteiger partial charge in [-0.15, -0.1) is 0 Å². The molecule has 8 nitrogen and oxygen atoms in total. The Hall–Kier alpha value is -0.320. The van der Waals surface area contributed by atoms with Crippen LogP contribution in [0.1, 0.15) is 280 Å². The summed E-state index contributed by atoms with van der Waals surface area (Å²) in [6, 6.07) is 0. The molecule has 8 heteroatoms. The molecule has 8 fully saturated rings. The van der Waals surface area contributed by atoms with Gasteiger partial charge in [-0.1, -0.05) is 93.9 Å². The van der Waals surface area contributed by atoms with Crippen LogP contribution in [0.5, 0.6) is 0 Å². The minimum Gasteiger partial charge on any atom is -0.303 e. The Morgan fingerprint density at radius 2 is 0.308 bits per heavy atom. The summed E-state index contributed by atoms with van der Waals surface area (Å²) < 4.78 is 0. The first-order chi connectivity index (χ1) is 36.6. The van der Waals surface area contributed by atoms with Crippen molar-refractivity contribution in [2.45, 2.75) is 302 Å². The second-order valence-corrected chi connectivity index (χ2v) is 31.2. The third-order valence-electron chi connectivity index (χ3n) is 17.0. The average molecular weight is 1100 g/mol. The van der Waals surface area contributed by atoms with Crippen LogP contribution in [0.15, 0.2) is 0 Å². The highest BCUT2D eigenvalue weighted by molar-refractivity contribution is 4.82. The van der Waals surface area contributed by atoms with Crippen molar-refractivity contribution in [3.05, 3.63) is 0 Å². The van der Waals surface area contributed by atoms with E-state index >= 15 is 0 Å². The lowest BCUT2D eigenvalue weighted by atomic mass is 10.0. The molecule has 0 amide bonds. The first-order valence-electron chi connectivity index (χ1n) is 34.5. The number of piperidine rings is 6. The standard InChI is InChI=1S/6C9H19N.2C8H17N/c3*1-9(2,3)10-7-5-4-6-8-10;3*1-9(2)8-10-6-4-3-5-7-10;1-8(2,3)9-6-4-5-7-9;1-8(2)7-9-5-3-4-6-9/h3*4-8H2,1-3H3;3*9H,3-8H2,1-2H3;4-7H2,1-3H3;8H,3-7H2,1-2H3. The lowest BCUT2D eigenvalue weighted by molar-refractivity contribution is 0.110. The monoisotopic (exact) mass is 1100 g/mol. The van der Waals surface area contributed by atoms with Crippen LogP contribution >= 0.6 is 0 Å². The van der Waals surface area contributed by atoms with Gasteiger partial charge in [-0.25, -0.2) is 0 Å². The molecule has 0 unspecified atom stereocenters. The molecule has 0 spiro atoms. The van der Waals surface area contributed by atoms with Gasteiger partial charge in [0.2, 0.25) is 0 Å². The molecule has 8 heterocycles. The van der Waals surface area contributed by atoms with Crippen molar-refractivity contribution in [2.24, 2.45) is 23.7 Å².